The third-order valence-electron chi connectivity index (χ3n) is 2.33. The number of rotatable bonds is 3. The standard InChI is InChI=1S/C6H5NO2.C6H8O6.Cr/c8-6(9)5-3-1-2-4-7-5;7-1-2(8)5-3(9)4(10)6(11)12-5;/h1-4H,(H,8,9);2,5,7-10H,1H2;/q;;+2/p-2/t;2-,5+;/m.0./s1. The number of carboxylic acids is 1. The summed E-state index contributed by atoms with van der Waals surface area (Å²) >= 11 is 0. The molecule has 0 amide bonds. The summed E-state index contributed by atoms with van der Waals surface area (Å²) in [4.78, 5) is 24.0. The van der Waals surface area contributed by atoms with Crippen LogP contribution in [0.4, 0.5) is 0 Å². The normalized spacial score (nSPS) is 17.7. The first-order chi connectivity index (χ1) is 9.88. The van der Waals surface area contributed by atoms with Gasteiger partial charge >= 0.3 is 23.3 Å². The first-order valence-electron chi connectivity index (χ1n) is 5.61. The Morgan fingerprint density at radius 2 is 2.09 bits per heavy atom. The summed E-state index contributed by atoms with van der Waals surface area (Å²) in [6, 6.07) is 4.62. The van der Waals surface area contributed by atoms with Gasteiger partial charge in [0.25, 0.3) is 0 Å². The van der Waals surface area contributed by atoms with Crippen molar-refractivity contribution in [1.82, 2.24) is 4.98 Å². The fourth-order valence-electron chi connectivity index (χ4n) is 1.30. The molecular formula is C12H11CrNO8. The van der Waals surface area contributed by atoms with Crippen molar-refractivity contribution in [3.05, 3.63) is 41.6 Å². The minimum absolute atomic E-state index is 0. The molecule has 1 aromatic heterocycles. The molecule has 10 heteroatoms. The molecule has 9 nitrogen and oxygen atoms in total. The van der Waals surface area contributed by atoms with Crippen LogP contribution in [-0.4, -0.2) is 51.1 Å². The van der Waals surface area contributed by atoms with Crippen molar-refractivity contribution >= 4 is 11.9 Å². The Morgan fingerprint density at radius 3 is 2.41 bits per heavy atom. The molecule has 2 atom stereocenters. The van der Waals surface area contributed by atoms with Crippen molar-refractivity contribution in [2.45, 2.75) is 12.2 Å². The van der Waals surface area contributed by atoms with E-state index in [2.05, 4.69) is 9.72 Å². The van der Waals surface area contributed by atoms with Crippen LogP contribution in [0.25, 0.3) is 0 Å². The summed E-state index contributed by atoms with van der Waals surface area (Å²) in [6.07, 6.45) is -1.47. The number of hydrogen-bond acceptors (Lipinski definition) is 9. The number of carboxylic acid groups (broad SMARTS) is 1. The van der Waals surface area contributed by atoms with E-state index in [1.807, 2.05) is 0 Å². The van der Waals surface area contributed by atoms with Crippen LogP contribution in [0.3, 0.4) is 0 Å². The molecule has 22 heavy (non-hydrogen) atoms. The fraction of sp³-hybridized carbons (Fsp3) is 0.250. The number of aliphatic hydroxyl groups is 3. The number of nitrogens with zero attached hydrogens (tertiary/aromatic N) is 1. The van der Waals surface area contributed by atoms with Gasteiger partial charge in [-0.15, -0.1) is 0 Å². The van der Waals surface area contributed by atoms with Gasteiger partial charge in [-0.05, 0) is 12.1 Å². The molecule has 2 heterocycles. The molecule has 0 unspecified atom stereocenters. The Balaban J connectivity index is 0.000000397. The molecular weight excluding hydrogens is 338 g/mol. The number of cyclic esters (lactones) is 1. The van der Waals surface area contributed by atoms with Crippen molar-refractivity contribution in [3.63, 3.8) is 0 Å². The van der Waals surface area contributed by atoms with Crippen LogP contribution < -0.4 is 10.2 Å². The second-order valence-electron chi connectivity index (χ2n) is 3.79. The van der Waals surface area contributed by atoms with E-state index >= 15 is 0 Å². The van der Waals surface area contributed by atoms with Gasteiger partial charge in [-0.3, -0.25) is 4.98 Å². The van der Waals surface area contributed by atoms with Gasteiger partial charge in [0.05, 0.1) is 18.3 Å². The largest absolute Gasteiger partial charge is 2.00 e. The number of ether oxygens (including phenoxy) is 1. The number of esters is 1. The number of carbonyl (C=O) groups excluding carboxylic acids is 2. The van der Waals surface area contributed by atoms with E-state index in [0.29, 0.717) is 0 Å². The van der Waals surface area contributed by atoms with Gasteiger partial charge in [-0.25, -0.2) is 4.79 Å². The number of aliphatic hydroxyl groups excluding tert-OH is 3. The molecule has 3 N–H and O–H groups in total. The maximum atomic E-state index is 10.6. The monoisotopic (exact) mass is 349 g/mol. The van der Waals surface area contributed by atoms with E-state index in [-0.39, 0.29) is 23.1 Å². The van der Waals surface area contributed by atoms with Crippen molar-refractivity contribution in [1.29, 1.82) is 0 Å². The zero-order valence-electron chi connectivity index (χ0n) is 10.9. The number of hydrogen-bond donors (Lipinski definition) is 3. The van der Waals surface area contributed by atoms with Crippen molar-refractivity contribution in [3.8, 4) is 0 Å². The summed E-state index contributed by atoms with van der Waals surface area (Å²) in [7, 11) is 0. The van der Waals surface area contributed by atoms with Gasteiger partial charge in [0.1, 0.15) is 11.9 Å². The van der Waals surface area contributed by atoms with E-state index in [9.17, 15) is 19.8 Å². The summed E-state index contributed by atoms with van der Waals surface area (Å²) in [5, 5.41) is 46.8. The van der Waals surface area contributed by atoms with Crippen molar-refractivity contribution < 1.29 is 57.2 Å². The molecule has 0 saturated carbocycles. The molecule has 0 saturated heterocycles. The van der Waals surface area contributed by atoms with Crippen molar-refractivity contribution in [2.24, 2.45) is 0 Å². The van der Waals surface area contributed by atoms with E-state index in [1.54, 1.807) is 12.1 Å². The van der Waals surface area contributed by atoms with Crippen LogP contribution in [-0.2, 0) is 26.9 Å². The van der Waals surface area contributed by atoms with Crippen LogP contribution >= 0.6 is 0 Å². The van der Waals surface area contributed by atoms with Gasteiger partial charge in [0.15, 0.2) is 6.10 Å². The first-order valence-corrected chi connectivity index (χ1v) is 5.61. The second kappa shape index (κ2) is 9.01. The van der Waals surface area contributed by atoms with E-state index in [4.69, 9.17) is 15.3 Å². The Hall–Kier alpha value is -2.12. The van der Waals surface area contributed by atoms with Gasteiger partial charge in [0.2, 0.25) is 0 Å². The van der Waals surface area contributed by atoms with Crippen LogP contribution in [0.1, 0.15) is 10.5 Å². The topological polar surface area (TPSA) is 163 Å². The molecule has 0 aliphatic carbocycles. The molecule has 0 bridgehead atoms. The third-order valence-corrected chi connectivity index (χ3v) is 2.33. The predicted molar refractivity (Wildman–Crippen MR) is 61.2 cm³/mol. The summed E-state index contributed by atoms with van der Waals surface area (Å²) < 4.78 is 4.25. The minimum atomic E-state index is -1.46. The summed E-state index contributed by atoms with van der Waals surface area (Å²) in [5.74, 6) is -4.49. The summed E-state index contributed by atoms with van der Waals surface area (Å²) in [6.45, 7) is -0.699. The van der Waals surface area contributed by atoms with Crippen LogP contribution in [0, 0.1) is 0 Å². The molecule has 0 spiro atoms. The quantitative estimate of drug-likeness (QED) is 0.478. The maximum Gasteiger partial charge on any atom is 2.00 e. The zero-order chi connectivity index (χ0) is 16.0. The molecule has 0 fully saturated rings. The second-order valence-corrected chi connectivity index (χ2v) is 3.79. The van der Waals surface area contributed by atoms with Gasteiger partial charge in [-0.2, -0.15) is 0 Å². The molecule has 1 aliphatic heterocycles. The Bertz CT molecular complexity index is 547. The smallest absolute Gasteiger partial charge is 0.865 e. The zero-order valence-corrected chi connectivity index (χ0v) is 12.2. The van der Waals surface area contributed by atoms with Gasteiger partial charge < -0.3 is 35.1 Å². The molecule has 118 valence electrons. The third kappa shape index (κ3) is 5.01. The minimum Gasteiger partial charge on any atom is -0.865 e. The van der Waals surface area contributed by atoms with Crippen LogP contribution in [0.15, 0.2) is 35.9 Å². The number of aromatic nitrogens is 1. The van der Waals surface area contributed by atoms with Crippen LogP contribution in [0.5, 0.6) is 0 Å². The van der Waals surface area contributed by atoms with E-state index in [1.165, 1.54) is 12.3 Å². The van der Waals surface area contributed by atoms with Crippen molar-refractivity contribution in [2.75, 3.05) is 6.61 Å². The van der Waals surface area contributed by atoms with E-state index in [0.717, 1.165) is 0 Å². The van der Waals surface area contributed by atoms with Gasteiger partial charge in [-0.1, -0.05) is 6.07 Å². The van der Waals surface area contributed by atoms with Gasteiger partial charge in [0, 0.05) is 12.0 Å². The number of carbonyl (C=O) groups is 2. The SMILES string of the molecule is O=C([O-])c1ccccn1.O=C1O[C@H]([C@@H](O)CO)C(O)=C1[O-].[Cr+2]. The average molecular weight is 349 g/mol. The Morgan fingerprint density at radius 1 is 1.45 bits per heavy atom. The average Bonchev–Trinajstić information content (AvgIpc) is 2.75. The van der Waals surface area contributed by atoms with E-state index < -0.39 is 42.3 Å². The Labute approximate surface area is 135 Å². The molecule has 1 aliphatic rings. The first kappa shape index (κ1) is 19.9. The molecule has 1 aromatic rings. The Kier molecular flexibility index (Phi) is 8.15. The number of pyridine rings is 1. The number of aromatic carboxylic acids is 1. The molecule has 0 radical (unpaired) electrons. The fourth-order valence-corrected chi connectivity index (χ4v) is 1.30. The summed E-state index contributed by atoms with van der Waals surface area (Å²) in [5.41, 5.74) is -0.0301. The maximum absolute atomic E-state index is 10.6. The molecule has 0 aromatic carbocycles. The predicted octanol–water partition coefficient (Wildman–Crippen LogP) is -3.16. The van der Waals surface area contributed by atoms with Crippen LogP contribution in [0.2, 0.25) is 0 Å². The molecule has 2 rings (SSSR count).